The monoisotopic (exact) mass is 366 g/mol. The molecule has 1 amide bonds. The molecule has 1 aromatic carbocycles. The maximum atomic E-state index is 12.7. The fourth-order valence-corrected chi connectivity index (χ4v) is 5.15. The molecule has 3 fully saturated rings. The summed E-state index contributed by atoms with van der Waals surface area (Å²) in [5.41, 5.74) is 0.702. The van der Waals surface area contributed by atoms with Crippen LogP contribution in [0.25, 0.3) is 0 Å². The lowest BCUT2D eigenvalue weighted by atomic mass is 9.73. The van der Waals surface area contributed by atoms with Crippen LogP contribution >= 0.6 is 0 Å². The van der Waals surface area contributed by atoms with Crippen molar-refractivity contribution in [3.8, 4) is 5.75 Å². The second-order valence-corrected chi connectivity index (χ2v) is 9.30. The highest BCUT2D eigenvalue weighted by molar-refractivity contribution is 7.88. The van der Waals surface area contributed by atoms with Gasteiger partial charge in [-0.3, -0.25) is 4.79 Å². The molecule has 0 spiro atoms. The molecule has 4 rings (SSSR count). The zero-order chi connectivity index (χ0) is 18.2. The summed E-state index contributed by atoms with van der Waals surface area (Å²) in [4.78, 5) is 12.7. The van der Waals surface area contributed by atoms with E-state index in [4.69, 9.17) is 4.74 Å². The minimum Gasteiger partial charge on any atom is -0.491 e. The number of hydrogen-bond acceptors (Lipinski definition) is 4. The van der Waals surface area contributed by atoms with Crippen molar-refractivity contribution in [1.29, 1.82) is 0 Å². The van der Waals surface area contributed by atoms with Gasteiger partial charge in [-0.15, -0.1) is 0 Å². The summed E-state index contributed by atoms with van der Waals surface area (Å²) < 4.78 is 31.1. The number of amides is 1. The Hall–Kier alpha value is -1.60. The van der Waals surface area contributed by atoms with E-state index in [-0.39, 0.29) is 29.9 Å². The number of carbonyl (C=O) groups is 1. The normalized spacial score (nSPS) is 26.6. The number of rotatable bonds is 5. The van der Waals surface area contributed by atoms with Crippen LogP contribution in [0.2, 0.25) is 0 Å². The average Bonchev–Trinajstić information content (AvgIpc) is 2.55. The summed E-state index contributed by atoms with van der Waals surface area (Å²) >= 11 is 0. The highest BCUT2D eigenvalue weighted by Crippen LogP contribution is 2.40. The molecule has 1 N–H and O–H groups in total. The second kappa shape index (κ2) is 6.96. The molecule has 0 radical (unpaired) electrons. The van der Waals surface area contributed by atoms with E-state index in [0.29, 0.717) is 12.2 Å². The number of carbonyl (C=O) groups excluding carboxylic acids is 1. The number of sulfonamides is 1. The quantitative estimate of drug-likeness (QED) is 0.869. The van der Waals surface area contributed by atoms with E-state index in [2.05, 4.69) is 5.32 Å². The molecule has 2 aliphatic heterocycles. The van der Waals surface area contributed by atoms with Crippen molar-refractivity contribution in [1.82, 2.24) is 4.31 Å². The Bertz CT molecular complexity index is 730. The number of nitrogens with zero attached hydrogens (tertiary/aromatic N) is 1. The van der Waals surface area contributed by atoms with Crippen LogP contribution in [0, 0.1) is 11.8 Å². The Morgan fingerprint density at radius 1 is 1.24 bits per heavy atom. The molecule has 1 aliphatic carbocycles. The summed E-state index contributed by atoms with van der Waals surface area (Å²) in [5, 5.41) is 2.93. The van der Waals surface area contributed by atoms with Gasteiger partial charge in [0.15, 0.2) is 0 Å². The lowest BCUT2D eigenvalue weighted by molar-refractivity contribution is -0.125. The first kappa shape index (κ1) is 18.2. The number of nitrogens with one attached hydrogen (secondary N) is 1. The van der Waals surface area contributed by atoms with E-state index in [0.717, 1.165) is 25.0 Å². The number of ether oxygens (including phenoxy) is 1. The van der Waals surface area contributed by atoms with Crippen LogP contribution in [0.5, 0.6) is 5.75 Å². The molecule has 6 nitrogen and oxygen atoms in total. The average molecular weight is 366 g/mol. The smallest absolute Gasteiger partial charge is 0.229 e. The van der Waals surface area contributed by atoms with Crippen LogP contribution in [0.1, 0.15) is 33.1 Å². The second-order valence-electron chi connectivity index (χ2n) is 7.37. The molecule has 25 heavy (non-hydrogen) atoms. The lowest BCUT2D eigenvalue weighted by Crippen LogP contribution is -2.57. The van der Waals surface area contributed by atoms with E-state index < -0.39 is 10.0 Å². The number of anilines is 1. The van der Waals surface area contributed by atoms with E-state index in [1.165, 1.54) is 10.6 Å². The Morgan fingerprint density at radius 3 is 2.48 bits per heavy atom. The predicted molar refractivity (Wildman–Crippen MR) is 97.0 cm³/mol. The lowest BCUT2D eigenvalue weighted by Gasteiger charge is -2.47. The van der Waals surface area contributed by atoms with Gasteiger partial charge >= 0.3 is 0 Å². The maximum absolute atomic E-state index is 12.7. The van der Waals surface area contributed by atoms with Crippen molar-refractivity contribution in [2.24, 2.45) is 11.8 Å². The minimum absolute atomic E-state index is 0.0967. The molecule has 7 heteroatoms. The van der Waals surface area contributed by atoms with Crippen molar-refractivity contribution < 1.29 is 17.9 Å². The van der Waals surface area contributed by atoms with Crippen molar-refractivity contribution in [3.05, 3.63) is 24.3 Å². The van der Waals surface area contributed by atoms with Gasteiger partial charge in [-0.05, 0) is 63.3 Å². The van der Waals surface area contributed by atoms with Gasteiger partial charge in [-0.1, -0.05) is 0 Å². The molecule has 138 valence electrons. The molecular formula is C18H26N2O4S. The summed E-state index contributed by atoms with van der Waals surface area (Å²) in [6, 6.07) is 7.05. The topological polar surface area (TPSA) is 75.7 Å². The van der Waals surface area contributed by atoms with Crippen molar-refractivity contribution in [2.45, 2.75) is 45.3 Å². The Labute approximate surface area is 149 Å². The first-order valence-electron chi connectivity index (χ1n) is 8.78. The van der Waals surface area contributed by atoms with E-state index in [1.54, 1.807) is 0 Å². The molecule has 3 atom stereocenters. The van der Waals surface area contributed by atoms with E-state index in [9.17, 15) is 13.2 Å². The van der Waals surface area contributed by atoms with Gasteiger partial charge in [0.25, 0.3) is 0 Å². The van der Waals surface area contributed by atoms with Crippen LogP contribution in [-0.4, -0.2) is 43.6 Å². The molecule has 3 aliphatic rings. The first-order valence-corrected chi connectivity index (χ1v) is 10.6. The SMILES string of the molecule is CC(C)Oc1ccc(NC(=O)C2CC3CCC2N(S(C)(=O)=O)C3)cc1. The van der Waals surface area contributed by atoms with Crippen LogP contribution < -0.4 is 10.1 Å². The summed E-state index contributed by atoms with van der Waals surface area (Å²) in [7, 11) is -3.28. The fraction of sp³-hybridized carbons (Fsp3) is 0.611. The third-order valence-electron chi connectivity index (χ3n) is 4.99. The number of benzene rings is 1. The third kappa shape index (κ3) is 4.15. The van der Waals surface area contributed by atoms with E-state index >= 15 is 0 Å². The highest BCUT2D eigenvalue weighted by atomic mass is 32.2. The Kier molecular flexibility index (Phi) is 5.06. The third-order valence-corrected chi connectivity index (χ3v) is 6.26. The Morgan fingerprint density at radius 2 is 1.92 bits per heavy atom. The largest absolute Gasteiger partial charge is 0.491 e. The van der Waals surface area contributed by atoms with E-state index in [1.807, 2.05) is 38.1 Å². The van der Waals surface area contributed by atoms with Crippen LogP contribution in [0.15, 0.2) is 24.3 Å². The summed E-state index contributed by atoms with van der Waals surface area (Å²) in [5.74, 6) is 0.652. The molecule has 1 saturated carbocycles. The molecule has 2 bridgehead atoms. The van der Waals surface area contributed by atoms with Crippen LogP contribution in [0.3, 0.4) is 0 Å². The van der Waals surface area contributed by atoms with Gasteiger partial charge in [0.2, 0.25) is 15.9 Å². The molecule has 0 aromatic heterocycles. The predicted octanol–water partition coefficient (Wildman–Crippen LogP) is 2.47. The van der Waals surface area contributed by atoms with Gasteiger partial charge < -0.3 is 10.1 Å². The van der Waals surface area contributed by atoms with Gasteiger partial charge in [-0.2, -0.15) is 4.31 Å². The summed E-state index contributed by atoms with van der Waals surface area (Å²) in [6.07, 6.45) is 3.85. The molecular weight excluding hydrogens is 340 g/mol. The molecule has 2 saturated heterocycles. The van der Waals surface area contributed by atoms with Crippen molar-refractivity contribution >= 4 is 21.6 Å². The van der Waals surface area contributed by atoms with Crippen LogP contribution in [-0.2, 0) is 14.8 Å². The molecule has 2 heterocycles. The zero-order valence-electron chi connectivity index (χ0n) is 14.9. The molecule has 3 unspecified atom stereocenters. The first-order chi connectivity index (χ1) is 11.7. The number of piperidine rings is 2. The van der Waals surface area contributed by atoms with Gasteiger partial charge in [0.1, 0.15) is 5.75 Å². The highest BCUT2D eigenvalue weighted by Gasteiger charge is 2.47. The van der Waals surface area contributed by atoms with Crippen molar-refractivity contribution in [3.63, 3.8) is 0 Å². The standard InChI is InChI=1S/C18H26N2O4S/c1-12(2)24-15-7-5-14(6-8-15)19-18(21)16-10-13-4-9-17(16)20(11-13)25(3,22)23/h5-8,12-13,16-17H,4,9-11H2,1-3H3,(H,19,21). The Balaban J connectivity index is 1.69. The molecule has 1 aromatic rings. The van der Waals surface area contributed by atoms with Gasteiger partial charge in [0, 0.05) is 18.3 Å². The van der Waals surface area contributed by atoms with Crippen LogP contribution in [0.4, 0.5) is 5.69 Å². The fourth-order valence-electron chi connectivity index (χ4n) is 3.93. The maximum Gasteiger partial charge on any atom is 0.229 e. The zero-order valence-corrected chi connectivity index (χ0v) is 15.8. The minimum atomic E-state index is -3.28. The number of fused-ring (bicyclic) bond motifs is 3. The van der Waals surface area contributed by atoms with Gasteiger partial charge in [0.05, 0.1) is 18.3 Å². The van der Waals surface area contributed by atoms with Gasteiger partial charge in [-0.25, -0.2) is 8.42 Å². The number of hydrogen-bond donors (Lipinski definition) is 1. The van der Waals surface area contributed by atoms with Crippen molar-refractivity contribution in [2.75, 3.05) is 18.1 Å². The summed E-state index contributed by atoms with van der Waals surface area (Å²) in [6.45, 7) is 4.47.